The van der Waals surface area contributed by atoms with Crippen LogP contribution in [0.5, 0.6) is 0 Å². The molecule has 0 aliphatic carbocycles. The van der Waals surface area contributed by atoms with Crippen LogP contribution in [-0.2, 0) is 18.4 Å². The second kappa shape index (κ2) is 7.02. The summed E-state index contributed by atoms with van der Waals surface area (Å²) < 4.78 is 2.11. The topological polar surface area (TPSA) is 77.0 Å². The van der Waals surface area contributed by atoms with Crippen LogP contribution in [0, 0.1) is 5.92 Å². The van der Waals surface area contributed by atoms with Gasteiger partial charge in [-0.05, 0) is 38.3 Å². The van der Waals surface area contributed by atoms with Gasteiger partial charge in [-0.15, -0.1) is 10.2 Å². The van der Waals surface area contributed by atoms with Crippen LogP contribution < -0.4 is 5.73 Å². The summed E-state index contributed by atoms with van der Waals surface area (Å²) in [5, 5.41) is 8.61. The van der Waals surface area contributed by atoms with E-state index in [9.17, 15) is 4.79 Å². The van der Waals surface area contributed by atoms with Gasteiger partial charge in [0.05, 0.1) is 6.54 Å². The third-order valence-electron chi connectivity index (χ3n) is 4.31. The maximum Gasteiger partial charge on any atom is 0.217 e. The van der Waals surface area contributed by atoms with Crippen LogP contribution in [0.15, 0.2) is 0 Å². The third-order valence-corrected chi connectivity index (χ3v) is 4.31. The molecule has 2 rings (SSSR count). The number of aromatic nitrogens is 3. The zero-order valence-electron chi connectivity index (χ0n) is 13.4. The predicted octanol–water partition coefficient (Wildman–Crippen LogP) is 1.42. The van der Waals surface area contributed by atoms with Crippen LogP contribution in [0.2, 0.25) is 0 Å². The van der Waals surface area contributed by atoms with E-state index in [4.69, 9.17) is 5.73 Å². The number of likely N-dealkylation sites (tertiary alicyclic amines) is 1. The molecule has 0 aromatic carbocycles. The largest absolute Gasteiger partial charge is 0.370 e. The second-order valence-electron chi connectivity index (χ2n) is 6.43. The maximum absolute atomic E-state index is 11.1. The minimum absolute atomic E-state index is 0.177. The van der Waals surface area contributed by atoms with Crippen molar-refractivity contribution in [1.29, 1.82) is 0 Å². The Balaban J connectivity index is 1.93. The van der Waals surface area contributed by atoms with Gasteiger partial charge in [-0.2, -0.15) is 0 Å². The number of hydrogen-bond donors (Lipinski definition) is 1. The summed E-state index contributed by atoms with van der Waals surface area (Å²) in [5.74, 6) is 2.71. The highest BCUT2D eigenvalue weighted by Gasteiger charge is 2.20. The Hall–Kier alpha value is -1.43. The van der Waals surface area contributed by atoms with E-state index in [1.54, 1.807) is 0 Å². The number of hydrogen-bond acceptors (Lipinski definition) is 4. The monoisotopic (exact) mass is 293 g/mol. The highest BCUT2D eigenvalue weighted by atomic mass is 16.1. The predicted molar refractivity (Wildman–Crippen MR) is 81.5 cm³/mol. The molecule has 0 saturated carbocycles. The summed E-state index contributed by atoms with van der Waals surface area (Å²) in [7, 11) is 2.04. The standard InChI is InChI=1S/C15H27N5O/c1-11(2)15-18-17-14(19(15)3)10-20-7-4-5-12(6-8-20)9-13(16)21/h11-12H,4-10H2,1-3H3,(H2,16,21). The Kier molecular flexibility index (Phi) is 5.33. The van der Waals surface area contributed by atoms with Gasteiger partial charge < -0.3 is 10.3 Å². The molecule has 6 nitrogen and oxygen atoms in total. The summed E-state index contributed by atoms with van der Waals surface area (Å²) in [5.41, 5.74) is 5.31. The van der Waals surface area contributed by atoms with Crippen LogP contribution in [-0.4, -0.2) is 38.7 Å². The molecule has 1 unspecified atom stereocenters. The molecule has 118 valence electrons. The summed E-state index contributed by atoms with van der Waals surface area (Å²) in [6, 6.07) is 0. The van der Waals surface area contributed by atoms with Crippen molar-refractivity contribution in [3.8, 4) is 0 Å². The van der Waals surface area contributed by atoms with Gasteiger partial charge in [-0.25, -0.2) is 0 Å². The van der Waals surface area contributed by atoms with Crippen LogP contribution in [0.4, 0.5) is 0 Å². The Morgan fingerprint density at radius 1 is 1.33 bits per heavy atom. The number of carbonyl (C=O) groups is 1. The van der Waals surface area contributed by atoms with Gasteiger partial charge in [0.15, 0.2) is 0 Å². The molecule has 1 aromatic rings. The Bertz CT molecular complexity index is 482. The molecular formula is C15H27N5O. The first kappa shape index (κ1) is 15.9. The van der Waals surface area contributed by atoms with Crippen LogP contribution in [0.25, 0.3) is 0 Å². The lowest BCUT2D eigenvalue weighted by molar-refractivity contribution is -0.119. The van der Waals surface area contributed by atoms with E-state index in [1.807, 2.05) is 7.05 Å². The lowest BCUT2D eigenvalue weighted by atomic mass is 9.97. The van der Waals surface area contributed by atoms with Crippen LogP contribution in [0.1, 0.15) is 57.1 Å². The van der Waals surface area contributed by atoms with Gasteiger partial charge in [0.25, 0.3) is 0 Å². The van der Waals surface area contributed by atoms with Crippen molar-refractivity contribution in [3.05, 3.63) is 11.6 Å². The summed E-state index contributed by atoms with van der Waals surface area (Å²) in [4.78, 5) is 13.5. The summed E-state index contributed by atoms with van der Waals surface area (Å²) >= 11 is 0. The molecule has 1 amide bonds. The van der Waals surface area contributed by atoms with Crippen molar-refractivity contribution in [3.63, 3.8) is 0 Å². The fourth-order valence-corrected chi connectivity index (χ4v) is 3.09. The second-order valence-corrected chi connectivity index (χ2v) is 6.43. The lowest BCUT2D eigenvalue weighted by Gasteiger charge is -2.19. The van der Waals surface area contributed by atoms with E-state index in [0.29, 0.717) is 18.3 Å². The van der Waals surface area contributed by atoms with Gasteiger partial charge in [0.2, 0.25) is 5.91 Å². The zero-order valence-corrected chi connectivity index (χ0v) is 13.4. The molecule has 1 aliphatic rings. The van der Waals surface area contributed by atoms with Crippen molar-refractivity contribution in [2.75, 3.05) is 13.1 Å². The molecule has 1 aliphatic heterocycles. The van der Waals surface area contributed by atoms with E-state index in [0.717, 1.165) is 50.5 Å². The van der Waals surface area contributed by atoms with Crippen LogP contribution in [0.3, 0.4) is 0 Å². The number of amides is 1. The number of nitrogens with two attached hydrogens (primary N) is 1. The fourth-order valence-electron chi connectivity index (χ4n) is 3.09. The first-order chi connectivity index (χ1) is 9.97. The molecule has 1 atom stereocenters. The van der Waals surface area contributed by atoms with E-state index in [1.165, 1.54) is 0 Å². The fraction of sp³-hybridized carbons (Fsp3) is 0.800. The molecule has 21 heavy (non-hydrogen) atoms. The molecule has 6 heteroatoms. The molecule has 1 fully saturated rings. The Morgan fingerprint density at radius 3 is 2.71 bits per heavy atom. The van der Waals surface area contributed by atoms with Crippen molar-refractivity contribution >= 4 is 5.91 Å². The maximum atomic E-state index is 11.1. The first-order valence-electron chi connectivity index (χ1n) is 7.86. The van der Waals surface area contributed by atoms with Gasteiger partial charge in [0.1, 0.15) is 11.6 Å². The van der Waals surface area contributed by atoms with Crippen molar-refractivity contribution in [2.24, 2.45) is 18.7 Å². The molecule has 1 saturated heterocycles. The molecular weight excluding hydrogens is 266 g/mol. The molecule has 0 bridgehead atoms. The molecule has 0 radical (unpaired) electrons. The van der Waals surface area contributed by atoms with Gasteiger partial charge >= 0.3 is 0 Å². The Labute approximate surface area is 126 Å². The molecule has 1 aromatic heterocycles. The average molecular weight is 293 g/mol. The number of rotatable bonds is 5. The normalized spacial score (nSPS) is 20.7. The first-order valence-corrected chi connectivity index (χ1v) is 7.86. The lowest BCUT2D eigenvalue weighted by Crippen LogP contribution is -2.26. The quantitative estimate of drug-likeness (QED) is 0.890. The molecule has 0 spiro atoms. The van der Waals surface area contributed by atoms with Crippen molar-refractivity contribution in [2.45, 2.75) is 52.0 Å². The van der Waals surface area contributed by atoms with E-state index >= 15 is 0 Å². The van der Waals surface area contributed by atoms with Crippen molar-refractivity contribution < 1.29 is 4.79 Å². The number of carbonyl (C=O) groups excluding carboxylic acids is 1. The smallest absolute Gasteiger partial charge is 0.217 e. The van der Waals surface area contributed by atoms with E-state index in [-0.39, 0.29) is 5.91 Å². The average Bonchev–Trinajstić information content (AvgIpc) is 2.62. The summed E-state index contributed by atoms with van der Waals surface area (Å²) in [6.45, 7) is 7.16. The number of primary amides is 1. The SMILES string of the molecule is CC(C)c1nnc(CN2CCCC(CC(N)=O)CC2)n1C. The highest BCUT2D eigenvalue weighted by molar-refractivity contribution is 5.73. The van der Waals surface area contributed by atoms with Crippen LogP contribution >= 0.6 is 0 Å². The minimum atomic E-state index is -0.177. The van der Waals surface area contributed by atoms with Gasteiger partial charge in [-0.1, -0.05) is 13.8 Å². The Morgan fingerprint density at radius 2 is 2.10 bits per heavy atom. The van der Waals surface area contributed by atoms with E-state index < -0.39 is 0 Å². The summed E-state index contributed by atoms with van der Waals surface area (Å²) in [6.07, 6.45) is 3.77. The molecule has 2 N–H and O–H groups in total. The molecule has 2 heterocycles. The van der Waals surface area contributed by atoms with E-state index in [2.05, 4.69) is 33.5 Å². The minimum Gasteiger partial charge on any atom is -0.370 e. The number of nitrogens with zero attached hydrogens (tertiary/aromatic N) is 4. The zero-order chi connectivity index (χ0) is 15.4. The highest BCUT2D eigenvalue weighted by Crippen LogP contribution is 2.21. The third kappa shape index (κ3) is 4.27. The van der Waals surface area contributed by atoms with Gasteiger partial charge in [-0.3, -0.25) is 9.69 Å². The van der Waals surface area contributed by atoms with Gasteiger partial charge in [0, 0.05) is 19.4 Å². The van der Waals surface area contributed by atoms with Crippen molar-refractivity contribution in [1.82, 2.24) is 19.7 Å².